The van der Waals surface area contributed by atoms with Crippen molar-refractivity contribution in [2.75, 3.05) is 59.8 Å². The molecule has 34 heavy (non-hydrogen) atoms. The molecule has 1 aliphatic heterocycles. The zero-order valence-electron chi connectivity index (χ0n) is 19.6. The van der Waals surface area contributed by atoms with Gasteiger partial charge in [-0.25, -0.2) is 13.1 Å². The van der Waals surface area contributed by atoms with Crippen LogP contribution in [-0.4, -0.2) is 73.1 Å². The molecule has 0 bridgehead atoms. The fourth-order valence-corrected chi connectivity index (χ4v) is 5.58. The minimum atomic E-state index is -3.68. The minimum absolute atomic E-state index is 0.0360. The highest BCUT2D eigenvalue weighted by Crippen LogP contribution is 2.38. The van der Waals surface area contributed by atoms with Crippen molar-refractivity contribution < 1.29 is 22.6 Å². The fraction of sp³-hybridized carbons (Fsp3) is 0.500. The van der Waals surface area contributed by atoms with Gasteiger partial charge in [0.25, 0.3) is 0 Å². The van der Waals surface area contributed by atoms with Crippen LogP contribution in [0.5, 0.6) is 0 Å². The second-order valence-corrected chi connectivity index (χ2v) is 10.7. The third-order valence-corrected chi connectivity index (χ3v) is 7.56. The molecule has 3 rings (SSSR count). The van der Waals surface area contributed by atoms with Crippen LogP contribution in [-0.2, 0) is 30.8 Å². The summed E-state index contributed by atoms with van der Waals surface area (Å²) in [5, 5.41) is 1.20. The first-order chi connectivity index (χ1) is 16.3. The van der Waals surface area contributed by atoms with Crippen LogP contribution in [0.25, 0.3) is 0 Å². The van der Waals surface area contributed by atoms with Gasteiger partial charge in [-0.3, -0.25) is 0 Å². The van der Waals surface area contributed by atoms with E-state index in [4.69, 9.17) is 37.4 Å². The van der Waals surface area contributed by atoms with Crippen LogP contribution >= 0.6 is 23.2 Å². The predicted octanol–water partition coefficient (Wildman–Crippen LogP) is 3.92. The smallest absolute Gasteiger partial charge is 0.240 e. The van der Waals surface area contributed by atoms with E-state index in [1.54, 1.807) is 24.3 Å². The van der Waals surface area contributed by atoms with Crippen LogP contribution in [0.15, 0.2) is 41.3 Å². The van der Waals surface area contributed by atoms with E-state index in [0.29, 0.717) is 43.1 Å². The Morgan fingerprint density at radius 1 is 1.03 bits per heavy atom. The van der Waals surface area contributed by atoms with Gasteiger partial charge in [-0.15, -0.1) is 0 Å². The Balaban J connectivity index is 1.59. The van der Waals surface area contributed by atoms with E-state index >= 15 is 0 Å². The Kier molecular flexibility index (Phi) is 10.6. The number of hydrogen-bond acceptors (Lipinski definition) is 6. The van der Waals surface area contributed by atoms with Gasteiger partial charge in [0.2, 0.25) is 10.0 Å². The van der Waals surface area contributed by atoms with Crippen molar-refractivity contribution in [3.8, 4) is 0 Å². The highest BCUT2D eigenvalue weighted by molar-refractivity contribution is 7.89. The molecule has 1 atom stereocenters. The van der Waals surface area contributed by atoms with E-state index in [1.165, 1.54) is 0 Å². The van der Waals surface area contributed by atoms with Crippen molar-refractivity contribution in [1.82, 2.24) is 9.62 Å². The standard InChI is InChI=1S/C24H32Cl2N2O5S/c1-3-31-9-10-33-12-11-32-8-7-27-34(29,30)20-6-4-5-18(13-20)22-16-28(2)17-23-21(22)14-19(25)15-24(23)26/h4-6,13-15,22,27H,3,7-12,16-17H2,1-2H3/t22-/m0/s1. The van der Waals surface area contributed by atoms with Crippen LogP contribution in [0.3, 0.4) is 0 Å². The molecule has 0 aliphatic carbocycles. The minimum Gasteiger partial charge on any atom is -0.379 e. The second-order valence-electron chi connectivity index (χ2n) is 8.10. The number of nitrogens with zero attached hydrogens (tertiary/aromatic N) is 1. The Morgan fingerprint density at radius 3 is 2.47 bits per heavy atom. The largest absolute Gasteiger partial charge is 0.379 e. The third-order valence-electron chi connectivity index (χ3n) is 5.55. The van der Waals surface area contributed by atoms with E-state index in [-0.39, 0.29) is 24.0 Å². The lowest BCUT2D eigenvalue weighted by molar-refractivity contribution is 0.0181. The van der Waals surface area contributed by atoms with Crippen molar-refractivity contribution in [2.24, 2.45) is 0 Å². The van der Waals surface area contributed by atoms with E-state index in [0.717, 1.165) is 29.8 Å². The van der Waals surface area contributed by atoms with E-state index in [9.17, 15) is 8.42 Å². The first kappa shape index (κ1) is 27.4. The molecule has 0 amide bonds. The molecule has 10 heteroatoms. The van der Waals surface area contributed by atoms with E-state index in [1.807, 2.05) is 26.1 Å². The van der Waals surface area contributed by atoms with E-state index in [2.05, 4.69) is 9.62 Å². The second kappa shape index (κ2) is 13.2. The third kappa shape index (κ3) is 7.63. The number of halogens is 2. The quantitative estimate of drug-likeness (QED) is 0.395. The van der Waals surface area contributed by atoms with Crippen LogP contribution in [0, 0.1) is 0 Å². The predicted molar refractivity (Wildman–Crippen MR) is 134 cm³/mol. The molecule has 1 N–H and O–H groups in total. The number of nitrogens with one attached hydrogen (secondary N) is 1. The first-order valence-corrected chi connectivity index (χ1v) is 13.5. The lowest BCUT2D eigenvalue weighted by atomic mass is 9.85. The number of benzene rings is 2. The van der Waals surface area contributed by atoms with Gasteiger partial charge in [0, 0.05) is 42.2 Å². The zero-order chi connectivity index (χ0) is 24.6. The molecule has 0 fully saturated rings. The zero-order valence-corrected chi connectivity index (χ0v) is 21.9. The lowest BCUT2D eigenvalue weighted by Crippen LogP contribution is -2.31. The normalized spacial score (nSPS) is 16.5. The van der Waals surface area contributed by atoms with Gasteiger partial charge in [-0.1, -0.05) is 35.3 Å². The first-order valence-electron chi connectivity index (χ1n) is 11.3. The SMILES string of the molecule is CCOCCOCCOCCNS(=O)(=O)c1cccc([C@@H]2CN(C)Cc3c(Cl)cc(Cl)cc32)c1. The molecular formula is C24H32Cl2N2O5S. The molecule has 0 saturated carbocycles. The van der Waals surface area contributed by atoms with Crippen LogP contribution in [0.2, 0.25) is 10.0 Å². The summed E-state index contributed by atoms with van der Waals surface area (Å²) < 4.78 is 44.3. The molecule has 2 aromatic carbocycles. The van der Waals surface area contributed by atoms with Crippen molar-refractivity contribution in [3.05, 3.63) is 63.1 Å². The van der Waals surface area contributed by atoms with Gasteiger partial charge in [0.1, 0.15) is 0 Å². The maximum absolute atomic E-state index is 12.9. The molecule has 7 nitrogen and oxygen atoms in total. The monoisotopic (exact) mass is 530 g/mol. The van der Waals surface area contributed by atoms with E-state index < -0.39 is 10.0 Å². The Labute approximate surface area is 212 Å². The highest BCUT2D eigenvalue weighted by atomic mass is 35.5. The van der Waals surface area contributed by atoms with Crippen molar-refractivity contribution in [3.63, 3.8) is 0 Å². The fourth-order valence-electron chi connectivity index (χ4n) is 3.94. The van der Waals surface area contributed by atoms with Gasteiger partial charge in [-0.2, -0.15) is 0 Å². The molecule has 188 valence electrons. The summed E-state index contributed by atoms with van der Waals surface area (Å²) in [6.07, 6.45) is 0. The molecule has 0 spiro atoms. The molecule has 0 unspecified atom stereocenters. The van der Waals surface area contributed by atoms with Crippen LogP contribution < -0.4 is 4.72 Å². The lowest BCUT2D eigenvalue weighted by Gasteiger charge is -2.33. The maximum atomic E-state index is 12.9. The Hall–Kier alpha value is -1.23. The molecule has 0 saturated heterocycles. The number of hydrogen-bond donors (Lipinski definition) is 1. The average molecular weight is 532 g/mol. The van der Waals surface area contributed by atoms with Gasteiger partial charge in [0.15, 0.2) is 0 Å². The molecular weight excluding hydrogens is 499 g/mol. The summed E-state index contributed by atoms with van der Waals surface area (Å²) >= 11 is 12.7. The number of rotatable bonds is 13. The summed E-state index contributed by atoms with van der Waals surface area (Å²) in [5.74, 6) is -0.0360. The van der Waals surface area contributed by atoms with Gasteiger partial charge in [-0.05, 0) is 54.9 Å². The molecule has 0 aromatic heterocycles. The number of fused-ring (bicyclic) bond motifs is 1. The Morgan fingerprint density at radius 2 is 1.74 bits per heavy atom. The Bertz CT molecular complexity index is 1050. The molecule has 1 aliphatic rings. The number of ether oxygens (including phenoxy) is 3. The number of sulfonamides is 1. The number of likely N-dealkylation sites (N-methyl/N-ethyl adjacent to an activating group) is 1. The summed E-state index contributed by atoms with van der Waals surface area (Å²) in [7, 11) is -1.66. The van der Waals surface area contributed by atoms with Crippen LogP contribution in [0.1, 0.15) is 29.5 Å². The van der Waals surface area contributed by atoms with Crippen molar-refractivity contribution >= 4 is 33.2 Å². The summed E-state index contributed by atoms with van der Waals surface area (Å²) in [5.41, 5.74) is 2.96. The van der Waals surface area contributed by atoms with Gasteiger partial charge in [0.05, 0.1) is 37.9 Å². The van der Waals surface area contributed by atoms with Crippen molar-refractivity contribution in [1.29, 1.82) is 0 Å². The van der Waals surface area contributed by atoms with Gasteiger partial charge >= 0.3 is 0 Å². The summed E-state index contributed by atoms with van der Waals surface area (Å²) in [4.78, 5) is 2.39. The molecule has 1 heterocycles. The van der Waals surface area contributed by atoms with Gasteiger partial charge < -0.3 is 19.1 Å². The summed E-state index contributed by atoms with van der Waals surface area (Å²) in [6, 6.07) is 10.7. The highest BCUT2D eigenvalue weighted by Gasteiger charge is 2.28. The summed E-state index contributed by atoms with van der Waals surface area (Å²) in [6.45, 7) is 6.38. The topological polar surface area (TPSA) is 77.1 Å². The molecule has 2 aromatic rings. The van der Waals surface area contributed by atoms with Crippen molar-refractivity contribution in [2.45, 2.75) is 24.3 Å². The van der Waals surface area contributed by atoms with Crippen LogP contribution in [0.4, 0.5) is 0 Å². The molecule has 0 radical (unpaired) electrons. The average Bonchev–Trinajstić information content (AvgIpc) is 2.80. The maximum Gasteiger partial charge on any atom is 0.240 e.